The van der Waals surface area contributed by atoms with Crippen molar-refractivity contribution in [2.45, 2.75) is 26.4 Å². The lowest BCUT2D eigenvalue weighted by Gasteiger charge is -2.11. The first-order chi connectivity index (χ1) is 8.02. The Balaban J connectivity index is 2.55. The van der Waals surface area contributed by atoms with E-state index in [2.05, 4.69) is 10.6 Å². The van der Waals surface area contributed by atoms with Crippen LogP contribution in [0.3, 0.4) is 0 Å². The van der Waals surface area contributed by atoms with Crippen molar-refractivity contribution in [3.63, 3.8) is 0 Å². The van der Waals surface area contributed by atoms with Crippen molar-refractivity contribution in [1.82, 2.24) is 10.6 Å². The number of ether oxygens (including phenoxy) is 1. The van der Waals surface area contributed by atoms with Gasteiger partial charge in [-0.1, -0.05) is 17.7 Å². The molecule has 2 N–H and O–H groups in total. The van der Waals surface area contributed by atoms with Crippen molar-refractivity contribution in [2.75, 3.05) is 7.11 Å². The van der Waals surface area contributed by atoms with Crippen molar-refractivity contribution < 1.29 is 9.53 Å². The summed E-state index contributed by atoms with van der Waals surface area (Å²) in [5.41, 5.74) is 0.853. The quantitative estimate of drug-likeness (QED) is 0.870. The molecule has 0 aliphatic carbocycles. The molecule has 2 amide bonds. The molecule has 0 aliphatic heterocycles. The average molecular weight is 257 g/mol. The minimum atomic E-state index is -0.202. The topological polar surface area (TPSA) is 50.4 Å². The summed E-state index contributed by atoms with van der Waals surface area (Å²) in [6.45, 7) is 4.20. The lowest BCUT2D eigenvalue weighted by atomic mass is 10.2. The zero-order valence-electron chi connectivity index (χ0n) is 10.2. The maximum absolute atomic E-state index is 11.4. The normalized spacial score (nSPS) is 10.2. The van der Waals surface area contributed by atoms with Gasteiger partial charge in [-0.2, -0.15) is 0 Å². The highest BCUT2D eigenvalue weighted by Gasteiger charge is 2.05. The average Bonchev–Trinajstić information content (AvgIpc) is 2.26. The molecule has 4 nitrogen and oxygen atoms in total. The van der Waals surface area contributed by atoms with Crippen LogP contribution in [-0.2, 0) is 6.54 Å². The minimum absolute atomic E-state index is 0.112. The van der Waals surface area contributed by atoms with Crippen LogP contribution in [0.15, 0.2) is 18.2 Å². The van der Waals surface area contributed by atoms with Gasteiger partial charge in [-0.3, -0.25) is 0 Å². The van der Waals surface area contributed by atoms with Gasteiger partial charge in [0, 0.05) is 17.6 Å². The van der Waals surface area contributed by atoms with Gasteiger partial charge in [0.05, 0.1) is 7.11 Å². The van der Waals surface area contributed by atoms with Crippen LogP contribution in [0.2, 0.25) is 5.02 Å². The van der Waals surface area contributed by atoms with Gasteiger partial charge >= 0.3 is 6.03 Å². The zero-order valence-corrected chi connectivity index (χ0v) is 11.0. The van der Waals surface area contributed by atoms with Crippen molar-refractivity contribution in [2.24, 2.45) is 0 Å². The molecule has 1 rings (SSSR count). The van der Waals surface area contributed by atoms with Gasteiger partial charge in [0.1, 0.15) is 5.75 Å². The van der Waals surface area contributed by atoms with Crippen LogP contribution in [0.25, 0.3) is 0 Å². The van der Waals surface area contributed by atoms with E-state index in [4.69, 9.17) is 16.3 Å². The highest BCUT2D eigenvalue weighted by atomic mass is 35.5. The Bertz CT molecular complexity index is 394. The van der Waals surface area contributed by atoms with E-state index in [0.717, 1.165) is 5.56 Å². The van der Waals surface area contributed by atoms with Gasteiger partial charge in [0.2, 0.25) is 0 Å². The molecule has 94 valence electrons. The second kappa shape index (κ2) is 6.35. The van der Waals surface area contributed by atoms with Gasteiger partial charge in [-0.25, -0.2) is 4.79 Å². The Morgan fingerprint density at radius 2 is 2.18 bits per heavy atom. The molecule has 17 heavy (non-hydrogen) atoms. The van der Waals surface area contributed by atoms with Crippen LogP contribution < -0.4 is 15.4 Å². The predicted octanol–water partition coefficient (Wildman–Crippen LogP) is 2.56. The summed E-state index contributed by atoms with van der Waals surface area (Å²) >= 11 is 6.05. The van der Waals surface area contributed by atoms with Crippen molar-refractivity contribution in [3.05, 3.63) is 28.8 Å². The number of benzene rings is 1. The molecule has 0 atom stereocenters. The number of hydrogen-bond donors (Lipinski definition) is 2. The first kappa shape index (κ1) is 13.6. The SMILES string of the molecule is COc1ccc(CNC(=O)NC(C)C)c(Cl)c1. The number of urea groups is 1. The first-order valence-electron chi connectivity index (χ1n) is 5.39. The molecular formula is C12H17ClN2O2. The van der Waals surface area contributed by atoms with E-state index in [1.54, 1.807) is 13.2 Å². The summed E-state index contributed by atoms with van der Waals surface area (Å²) in [6, 6.07) is 5.27. The Morgan fingerprint density at radius 1 is 1.47 bits per heavy atom. The summed E-state index contributed by atoms with van der Waals surface area (Å²) in [4.78, 5) is 11.4. The number of nitrogens with one attached hydrogen (secondary N) is 2. The number of carbonyl (C=O) groups excluding carboxylic acids is 1. The molecular weight excluding hydrogens is 240 g/mol. The number of carbonyl (C=O) groups is 1. The molecule has 0 unspecified atom stereocenters. The van der Waals surface area contributed by atoms with Gasteiger partial charge < -0.3 is 15.4 Å². The largest absolute Gasteiger partial charge is 0.497 e. The van der Waals surface area contributed by atoms with Crippen LogP contribution in [0.1, 0.15) is 19.4 Å². The molecule has 0 saturated heterocycles. The molecule has 0 bridgehead atoms. The van der Waals surface area contributed by atoms with Gasteiger partial charge in [-0.05, 0) is 31.5 Å². The third-order valence-corrected chi connectivity index (χ3v) is 2.47. The molecule has 0 saturated carbocycles. The second-order valence-corrected chi connectivity index (χ2v) is 4.35. The van der Waals surface area contributed by atoms with E-state index >= 15 is 0 Å². The van der Waals surface area contributed by atoms with Crippen LogP contribution in [0.5, 0.6) is 5.75 Å². The number of halogens is 1. The lowest BCUT2D eigenvalue weighted by Crippen LogP contribution is -2.39. The maximum Gasteiger partial charge on any atom is 0.315 e. The monoisotopic (exact) mass is 256 g/mol. The number of methoxy groups -OCH3 is 1. The Kier molecular flexibility index (Phi) is 5.10. The maximum atomic E-state index is 11.4. The molecule has 5 heteroatoms. The summed E-state index contributed by atoms with van der Waals surface area (Å²) in [7, 11) is 1.58. The number of rotatable bonds is 4. The summed E-state index contributed by atoms with van der Waals surface area (Å²) in [5, 5.41) is 6.05. The van der Waals surface area contributed by atoms with Crippen molar-refractivity contribution >= 4 is 17.6 Å². The van der Waals surface area contributed by atoms with Crippen LogP contribution in [0.4, 0.5) is 4.79 Å². The molecule has 0 radical (unpaired) electrons. The van der Waals surface area contributed by atoms with Crippen molar-refractivity contribution in [3.8, 4) is 5.75 Å². The number of amides is 2. The van der Waals surface area contributed by atoms with Gasteiger partial charge in [0.15, 0.2) is 0 Å². The Hall–Kier alpha value is -1.42. The molecule has 0 aromatic heterocycles. The van der Waals surface area contributed by atoms with E-state index in [-0.39, 0.29) is 12.1 Å². The molecule has 0 heterocycles. The second-order valence-electron chi connectivity index (χ2n) is 3.94. The predicted molar refractivity (Wildman–Crippen MR) is 68.5 cm³/mol. The lowest BCUT2D eigenvalue weighted by molar-refractivity contribution is 0.238. The summed E-state index contributed by atoms with van der Waals surface area (Å²) in [6.07, 6.45) is 0. The van der Waals surface area contributed by atoms with E-state index < -0.39 is 0 Å². The smallest absolute Gasteiger partial charge is 0.315 e. The Labute approximate surface area is 106 Å². The fourth-order valence-electron chi connectivity index (χ4n) is 1.29. The minimum Gasteiger partial charge on any atom is -0.497 e. The van der Waals surface area contributed by atoms with E-state index in [0.29, 0.717) is 17.3 Å². The van der Waals surface area contributed by atoms with E-state index in [9.17, 15) is 4.79 Å². The van der Waals surface area contributed by atoms with Gasteiger partial charge in [-0.15, -0.1) is 0 Å². The summed E-state index contributed by atoms with van der Waals surface area (Å²) < 4.78 is 5.04. The standard InChI is InChI=1S/C12H17ClN2O2/c1-8(2)15-12(16)14-7-9-4-5-10(17-3)6-11(9)13/h4-6,8H,7H2,1-3H3,(H2,14,15,16). The van der Waals surface area contributed by atoms with Crippen LogP contribution in [-0.4, -0.2) is 19.2 Å². The van der Waals surface area contributed by atoms with Crippen LogP contribution in [0, 0.1) is 0 Å². The van der Waals surface area contributed by atoms with E-state index in [1.165, 1.54) is 0 Å². The first-order valence-corrected chi connectivity index (χ1v) is 5.77. The molecule has 0 spiro atoms. The third kappa shape index (κ3) is 4.53. The van der Waals surface area contributed by atoms with Gasteiger partial charge in [0.25, 0.3) is 0 Å². The zero-order chi connectivity index (χ0) is 12.8. The molecule has 0 aliphatic rings. The van der Waals surface area contributed by atoms with Crippen molar-refractivity contribution in [1.29, 1.82) is 0 Å². The van der Waals surface area contributed by atoms with Crippen LogP contribution >= 0.6 is 11.6 Å². The molecule has 0 fully saturated rings. The summed E-state index contributed by atoms with van der Waals surface area (Å²) in [5.74, 6) is 0.699. The highest BCUT2D eigenvalue weighted by Crippen LogP contribution is 2.22. The third-order valence-electron chi connectivity index (χ3n) is 2.12. The fourth-order valence-corrected chi connectivity index (χ4v) is 1.52. The fraction of sp³-hybridized carbons (Fsp3) is 0.417. The van der Waals surface area contributed by atoms with E-state index in [1.807, 2.05) is 26.0 Å². The molecule has 1 aromatic rings. The highest BCUT2D eigenvalue weighted by molar-refractivity contribution is 6.31. The Morgan fingerprint density at radius 3 is 2.71 bits per heavy atom. The molecule has 1 aromatic carbocycles. The number of hydrogen-bond acceptors (Lipinski definition) is 2.